The molecule has 1 N–H and O–H groups in total. The SMILES string of the molecule is O=C(c1cnc(C2CC2)[nH]c1=O)N(Cc1ccccn1)C1CCCCC1. The highest BCUT2D eigenvalue weighted by Gasteiger charge is 2.30. The van der Waals surface area contributed by atoms with Crippen LogP contribution in [0.1, 0.15) is 72.7 Å². The number of carbonyl (C=O) groups excluding carboxylic acids is 1. The van der Waals surface area contributed by atoms with Crippen LogP contribution in [0.25, 0.3) is 0 Å². The van der Waals surface area contributed by atoms with Gasteiger partial charge in [0.05, 0.1) is 12.2 Å². The molecule has 0 aromatic carbocycles. The molecule has 2 aliphatic carbocycles. The summed E-state index contributed by atoms with van der Waals surface area (Å²) >= 11 is 0. The van der Waals surface area contributed by atoms with Crippen LogP contribution < -0.4 is 5.56 Å². The molecule has 0 saturated heterocycles. The maximum absolute atomic E-state index is 13.2. The number of nitrogens with zero attached hydrogens (tertiary/aromatic N) is 3. The number of pyridine rings is 1. The van der Waals surface area contributed by atoms with Crippen molar-refractivity contribution in [3.8, 4) is 0 Å². The monoisotopic (exact) mass is 352 g/mol. The zero-order valence-electron chi connectivity index (χ0n) is 14.9. The zero-order valence-corrected chi connectivity index (χ0v) is 14.9. The first-order valence-corrected chi connectivity index (χ1v) is 9.52. The van der Waals surface area contributed by atoms with Crippen LogP contribution in [0.5, 0.6) is 0 Å². The van der Waals surface area contributed by atoms with Gasteiger partial charge in [0.1, 0.15) is 11.4 Å². The van der Waals surface area contributed by atoms with Crippen molar-refractivity contribution >= 4 is 5.91 Å². The second kappa shape index (κ2) is 7.40. The Morgan fingerprint density at radius 1 is 1.12 bits per heavy atom. The number of carbonyl (C=O) groups is 1. The van der Waals surface area contributed by atoms with Crippen molar-refractivity contribution in [2.24, 2.45) is 0 Å². The van der Waals surface area contributed by atoms with Crippen LogP contribution in [0, 0.1) is 0 Å². The maximum Gasteiger partial charge on any atom is 0.263 e. The predicted molar refractivity (Wildman–Crippen MR) is 97.8 cm³/mol. The number of H-pyrrole nitrogens is 1. The van der Waals surface area contributed by atoms with Crippen LogP contribution in [0.3, 0.4) is 0 Å². The molecule has 2 saturated carbocycles. The summed E-state index contributed by atoms with van der Waals surface area (Å²) in [6.07, 6.45) is 10.7. The smallest absolute Gasteiger partial charge is 0.263 e. The van der Waals surface area contributed by atoms with E-state index in [1.54, 1.807) is 6.20 Å². The third-order valence-corrected chi connectivity index (χ3v) is 5.35. The standard InChI is InChI=1S/C20H24N4O2/c25-19-17(12-22-18(23-19)14-9-10-14)20(26)24(16-7-2-1-3-8-16)13-15-6-4-5-11-21-15/h4-6,11-12,14,16H,1-3,7-10,13H2,(H,22,23,25). The summed E-state index contributed by atoms with van der Waals surface area (Å²) in [5.41, 5.74) is 0.648. The molecule has 0 unspecified atom stereocenters. The fourth-order valence-corrected chi connectivity index (χ4v) is 3.71. The minimum atomic E-state index is -0.325. The lowest BCUT2D eigenvalue weighted by atomic mass is 9.93. The van der Waals surface area contributed by atoms with Gasteiger partial charge < -0.3 is 9.88 Å². The van der Waals surface area contributed by atoms with E-state index in [9.17, 15) is 9.59 Å². The van der Waals surface area contributed by atoms with Gasteiger partial charge in [0.2, 0.25) is 0 Å². The normalized spacial score (nSPS) is 17.8. The fraction of sp³-hybridized carbons (Fsp3) is 0.500. The molecule has 0 aliphatic heterocycles. The molecule has 6 nitrogen and oxygen atoms in total. The van der Waals surface area contributed by atoms with Crippen LogP contribution in [-0.4, -0.2) is 31.8 Å². The molecule has 0 bridgehead atoms. The van der Waals surface area contributed by atoms with E-state index in [0.717, 1.165) is 44.2 Å². The van der Waals surface area contributed by atoms with Gasteiger partial charge in [-0.25, -0.2) is 4.98 Å². The van der Waals surface area contributed by atoms with E-state index in [4.69, 9.17) is 0 Å². The van der Waals surface area contributed by atoms with Crippen molar-refractivity contribution in [2.75, 3.05) is 0 Å². The minimum Gasteiger partial charge on any atom is -0.330 e. The number of amides is 1. The van der Waals surface area contributed by atoms with E-state index in [2.05, 4.69) is 15.0 Å². The van der Waals surface area contributed by atoms with Gasteiger partial charge in [-0.3, -0.25) is 14.6 Å². The number of nitrogens with one attached hydrogen (secondary N) is 1. The first-order valence-electron chi connectivity index (χ1n) is 9.52. The summed E-state index contributed by atoms with van der Waals surface area (Å²) in [4.78, 5) is 39.0. The average molecular weight is 352 g/mol. The Bertz CT molecular complexity index is 823. The van der Waals surface area contributed by atoms with Gasteiger partial charge in [-0.05, 0) is 37.8 Å². The summed E-state index contributed by atoms with van der Waals surface area (Å²) in [6, 6.07) is 5.86. The van der Waals surface area contributed by atoms with Crippen LogP contribution >= 0.6 is 0 Å². The van der Waals surface area contributed by atoms with E-state index in [-0.39, 0.29) is 23.1 Å². The molecule has 2 fully saturated rings. The van der Waals surface area contributed by atoms with Gasteiger partial charge in [-0.2, -0.15) is 0 Å². The van der Waals surface area contributed by atoms with Crippen molar-refractivity contribution in [2.45, 2.75) is 63.5 Å². The molecule has 2 aromatic rings. The Balaban J connectivity index is 1.61. The van der Waals surface area contributed by atoms with Gasteiger partial charge in [-0.1, -0.05) is 25.3 Å². The molecule has 136 valence electrons. The summed E-state index contributed by atoms with van der Waals surface area (Å²) in [7, 11) is 0. The summed E-state index contributed by atoms with van der Waals surface area (Å²) < 4.78 is 0. The van der Waals surface area contributed by atoms with Crippen molar-refractivity contribution in [1.82, 2.24) is 19.9 Å². The van der Waals surface area contributed by atoms with Gasteiger partial charge in [0.25, 0.3) is 11.5 Å². The summed E-state index contributed by atoms with van der Waals surface area (Å²) in [5.74, 6) is 0.828. The Kier molecular flexibility index (Phi) is 4.82. The minimum absolute atomic E-state index is 0.135. The highest BCUT2D eigenvalue weighted by Crippen LogP contribution is 2.37. The molecular weight excluding hydrogens is 328 g/mol. The summed E-state index contributed by atoms with van der Waals surface area (Å²) in [6.45, 7) is 0.425. The van der Waals surface area contributed by atoms with E-state index in [0.29, 0.717) is 18.3 Å². The molecule has 0 atom stereocenters. The van der Waals surface area contributed by atoms with Crippen LogP contribution in [0.4, 0.5) is 0 Å². The fourth-order valence-electron chi connectivity index (χ4n) is 3.71. The second-order valence-corrected chi connectivity index (χ2v) is 7.33. The average Bonchev–Trinajstić information content (AvgIpc) is 3.52. The first-order chi connectivity index (χ1) is 12.7. The molecule has 2 aromatic heterocycles. The van der Waals surface area contributed by atoms with E-state index in [1.807, 2.05) is 23.1 Å². The number of hydrogen-bond donors (Lipinski definition) is 1. The quantitative estimate of drug-likeness (QED) is 0.897. The molecule has 1 amide bonds. The predicted octanol–water partition coefficient (Wildman–Crippen LogP) is 3.02. The molecule has 6 heteroatoms. The van der Waals surface area contributed by atoms with Gasteiger partial charge in [-0.15, -0.1) is 0 Å². The Hall–Kier alpha value is -2.50. The van der Waals surface area contributed by atoms with Crippen molar-refractivity contribution in [3.05, 3.63) is 58.0 Å². The van der Waals surface area contributed by atoms with Gasteiger partial charge in [0, 0.05) is 24.4 Å². The number of aromatic amines is 1. The Labute approximate surface area is 152 Å². The highest BCUT2D eigenvalue weighted by molar-refractivity contribution is 5.93. The van der Waals surface area contributed by atoms with E-state index < -0.39 is 0 Å². The van der Waals surface area contributed by atoms with Gasteiger partial charge in [0.15, 0.2) is 0 Å². The number of rotatable bonds is 5. The lowest BCUT2D eigenvalue weighted by Crippen LogP contribution is -2.43. The largest absolute Gasteiger partial charge is 0.330 e. The third kappa shape index (κ3) is 3.69. The molecular formula is C20H24N4O2. The first kappa shape index (κ1) is 16.9. The van der Waals surface area contributed by atoms with Crippen molar-refractivity contribution in [1.29, 1.82) is 0 Å². The molecule has 2 aliphatic rings. The maximum atomic E-state index is 13.2. The topological polar surface area (TPSA) is 79.0 Å². The third-order valence-electron chi connectivity index (χ3n) is 5.35. The number of hydrogen-bond acceptors (Lipinski definition) is 4. The van der Waals surface area contributed by atoms with Crippen LogP contribution in [0.2, 0.25) is 0 Å². The lowest BCUT2D eigenvalue weighted by Gasteiger charge is -2.34. The molecule has 0 radical (unpaired) electrons. The molecule has 26 heavy (non-hydrogen) atoms. The molecule has 0 spiro atoms. The highest BCUT2D eigenvalue weighted by atomic mass is 16.2. The Morgan fingerprint density at radius 3 is 2.58 bits per heavy atom. The zero-order chi connectivity index (χ0) is 17.9. The second-order valence-electron chi connectivity index (χ2n) is 7.33. The lowest BCUT2D eigenvalue weighted by molar-refractivity contribution is 0.0608. The van der Waals surface area contributed by atoms with Gasteiger partial charge >= 0.3 is 0 Å². The summed E-state index contributed by atoms with van der Waals surface area (Å²) in [5, 5.41) is 0. The molecule has 4 rings (SSSR count). The van der Waals surface area contributed by atoms with E-state index >= 15 is 0 Å². The van der Waals surface area contributed by atoms with Crippen LogP contribution in [-0.2, 0) is 6.54 Å². The van der Waals surface area contributed by atoms with E-state index in [1.165, 1.54) is 12.6 Å². The molecule has 2 heterocycles. The van der Waals surface area contributed by atoms with Crippen molar-refractivity contribution in [3.63, 3.8) is 0 Å². The van der Waals surface area contributed by atoms with Crippen LogP contribution in [0.15, 0.2) is 35.4 Å². The Morgan fingerprint density at radius 2 is 1.92 bits per heavy atom. The van der Waals surface area contributed by atoms with Crippen molar-refractivity contribution < 1.29 is 4.79 Å². The number of aromatic nitrogens is 3.